The molecule has 33 heavy (non-hydrogen) atoms. The number of carbonyl (C=O) groups is 2. The molecule has 12 heteroatoms. The van der Waals surface area contributed by atoms with E-state index in [0.29, 0.717) is 24.7 Å². The summed E-state index contributed by atoms with van der Waals surface area (Å²) in [6.07, 6.45) is -2.82. The Balaban J connectivity index is 0.000000479. The molecule has 0 spiro atoms. The van der Waals surface area contributed by atoms with Crippen LogP contribution in [0.1, 0.15) is 24.8 Å². The van der Waals surface area contributed by atoms with Gasteiger partial charge < -0.3 is 20.1 Å². The lowest BCUT2D eigenvalue weighted by molar-refractivity contribution is -0.192. The van der Waals surface area contributed by atoms with Crippen molar-refractivity contribution >= 4 is 17.8 Å². The van der Waals surface area contributed by atoms with Crippen LogP contribution < -0.4 is 5.32 Å². The van der Waals surface area contributed by atoms with Crippen LogP contribution in [0.15, 0.2) is 53.2 Å². The van der Waals surface area contributed by atoms with Crippen LogP contribution in [0.5, 0.6) is 0 Å². The molecule has 3 aromatic rings. The van der Waals surface area contributed by atoms with E-state index in [1.54, 1.807) is 6.20 Å². The molecule has 0 fully saturated rings. The van der Waals surface area contributed by atoms with Crippen molar-refractivity contribution < 1.29 is 37.5 Å². The number of carboxylic acids is 2. The topological polar surface area (TPSA) is 138 Å². The fourth-order valence-corrected chi connectivity index (χ4v) is 2.60. The number of halogens is 3. The van der Waals surface area contributed by atoms with Crippen LogP contribution in [0.2, 0.25) is 0 Å². The number of nitrogens with zero attached hydrogens (tertiary/aromatic N) is 3. The molecule has 0 aliphatic carbocycles. The normalized spacial score (nSPS) is 11.8. The largest absolute Gasteiger partial charge is 0.490 e. The van der Waals surface area contributed by atoms with Crippen LogP contribution in [0, 0.1) is 5.92 Å². The first-order valence-corrected chi connectivity index (χ1v) is 9.63. The summed E-state index contributed by atoms with van der Waals surface area (Å²) < 4.78 is 37.0. The van der Waals surface area contributed by atoms with Gasteiger partial charge >= 0.3 is 18.1 Å². The van der Waals surface area contributed by atoms with Crippen LogP contribution in [0.3, 0.4) is 0 Å². The standard InChI is InChI=1S/C19H20N4O3.C2HF3O2/c1-13(10-18(24)25)9-17-22-19(23-26-17)15-6-4-5-14(11-15)12-21-16-7-2-3-8-20-16;3-2(4,5)1(6)7/h2-8,11,13H,9-10,12H2,1H3,(H,20,21)(H,24,25);(H,6,7). The second-order valence-electron chi connectivity index (χ2n) is 6.99. The number of anilines is 1. The molecule has 176 valence electrons. The Morgan fingerprint density at radius 2 is 1.88 bits per heavy atom. The van der Waals surface area contributed by atoms with E-state index in [9.17, 15) is 18.0 Å². The van der Waals surface area contributed by atoms with E-state index >= 15 is 0 Å². The highest BCUT2D eigenvalue weighted by Gasteiger charge is 2.38. The summed E-state index contributed by atoms with van der Waals surface area (Å²) in [7, 11) is 0. The Labute approximate surface area is 186 Å². The molecular formula is C21H21F3N4O5. The second-order valence-corrected chi connectivity index (χ2v) is 6.99. The minimum atomic E-state index is -5.08. The number of carboxylic acid groups (broad SMARTS) is 2. The van der Waals surface area contributed by atoms with Crippen LogP contribution >= 0.6 is 0 Å². The van der Waals surface area contributed by atoms with Gasteiger partial charge in [-0.05, 0) is 29.7 Å². The molecule has 0 saturated heterocycles. The zero-order valence-corrected chi connectivity index (χ0v) is 17.4. The first-order chi connectivity index (χ1) is 15.5. The first kappa shape index (κ1) is 25.3. The summed E-state index contributed by atoms with van der Waals surface area (Å²) in [6, 6.07) is 13.6. The van der Waals surface area contributed by atoms with Gasteiger partial charge in [0, 0.05) is 31.1 Å². The molecule has 1 unspecified atom stereocenters. The maximum Gasteiger partial charge on any atom is 0.490 e. The molecule has 0 bridgehead atoms. The minimum Gasteiger partial charge on any atom is -0.481 e. The van der Waals surface area contributed by atoms with E-state index in [1.165, 1.54) is 0 Å². The average Bonchev–Trinajstić information content (AvgIpc) is 3.21. The molecule has 0 amide bonds. The van der Waals surface area contributed by atoms with Crippen LogP contribution in [-0.4, -0.2) is 43.5 Å². The Kier molecular flexibility index (Phi) is 8.89. The van der Waals surface area contributed by atoms with Crippen LogP contribution in [0.25, 0.3) is 11.4 Å². The van der Waals surface area contributed by atoms with Crippen molar-refractivity contribution in [1.29, 1.82) is 0 Å². The Morgan fingerprint density at radius 1 is 1.15 bits per heavy atom. The van der Waals surface area contributed by atoms with Gasteiger partial charge in [0.05, 0.1) is 0 Å². The summed E-state index contributed by atoms with van der Waals surface area (Å²) in [6.45, 7) is 2.48. The zero-order chi connectivity index (χ0) is 24.4. The van der Waals surface area contributed by atoms with Crippen molar-refractivity contribution in [2.75, 3.05) is 5.32 Å². The number of benzene rings is 1. The molecule has 1 atom stereocenters. The molecule has 2 aromatic heterocycles. The molecule has 1 aromatic carbocycles. The fraction of sp³-hybridized carbons (Fsp3) is 0.286. The Morgan fingerprint density at radius 3 is 2.48 bits per heavy atom. The summed E-state index contributed by atoms with van der Waals surface area (Å²) in [5.74, 6) is -1.88. The molecule has 0 aliphatic heterocycles. The summed E-state index contributed by atoms with van der Waals surface area (Å²) in [5, 5.41) is 23.2. The lowest BCUT2D eigenvalue weighted by Gasteiger charge is -2.06. The van der Waals surface area contributed by atoms with Gasteiger partial charge in [-0.3, -0.25) is 4.79 Å². The van der Waals surface area contributed by atoms with Crippen molar-refractivity contribution in [3.8, 4) is 11.4 Å². The third-order valence-electron chi connectivity index (χ3n) is 4.08. The number of rotatable bonds is 8. The van der Waals surface area contributed by atoms with Gasteiger partial charge in [0.2, 0.25) is 11.7 Å². The highest BCUT2D eigenvalue weighted by molar-refractivity contribution is 5.73. The van der Waals surface area contributed by atoms with Crippen molar-refractivity contribution in [2.24, 2.45) is 5.92 Å². The number of nitrogens with one attached hydrogen (secondary N) is 1. The van der Waals surface area contributed by atoms with Crippen molar-refractivity contribution in [2.45, 2.75) is 32.5 Å². The molecule has 3 rings (SSSR count). The molecule has 3 N–H and O–H groups in total. The summed E-state index contributed by atoms with van der Waals surface area (Å²) in [4.78, 5) is 28.3. The average molecular weight is 466 g/mol. The number of aromatic nitrogens is 3. The van der Waals surface area contributed by atoms with Gasteiger partial charge in [0.15, 0.2) is 0 Å². The van der Waals surface area contributed by atoms with Gasteiger partial charge in [0.1, 0.15) is 5.82 Å². The van der Waals surface area contributed by atoms with Gasteiger partial charge in [-0.25, -0.2) is 9.78 Å². The van der Waals surface area contributed by atoms with E-state index in [-0.39, 0.29) is 12.3 Å². The van der Waals surface area contributed by atoms with E-state index in [4.69, 9.17) is 19.5 Å². The van der Waals surface area contributed by atoms with E-state index in [2.05, 4.69) is 20.4 Å². The van der Waals surface area contributed by atoms with Crippen LogP contribution in [-0.2, 0) is 22.6 Å². The van der Waals surface area contributed by atoms with Crippen molar-refractivity contribution in [3.05, 3.63) is 60.1 Å². The monoisotopic (exact) mass is 466 g/mol. The quantitative estimate of drug-likeness (QED) is 0.449. The fourth-order valence-electron chi connectivity index (χ4n) is 2.60. The highest BCUT2D eigenvalue weighted by atomic mass is 19.4. The maximum atomic E-state index is 10.8. The third kappa shape index (κ3) is 8.97. The van der Waals surface area contributed by atoms with E-state index in [1.807, 2.05) is 49.4 Å². The smallest absolute Gasteiger partial charge is 0.481 e. The molecule has 0 aliphatic rings. The van der Waals surface area contributed by atoms with E-state index in [0.717, 1.165) is 16.9 Å². The van der Waals surface area contributed by atoms with Gasteiger partial charge in [-0.2, -0.15) is 18.2 Å². The molecule has 2 heterocycles. The SMILES string of the molecule is CC(CC(=O)O)Cc1nc(-c2cccc(CNc3ccccn3)c2)no1.O=C(O)C(F)(F)F. The predicted octanol–water partition coefficient (Wildman–Crippen LogP) is 4.03. The number of alkyl halides is 3. The predicted molar refractivity (Wildman–Crippen MR) is 110 cm³/mol. The Bertz CT molecular complexity index is 1060. The maximum absolute atomic E-state index is 10.8. The Hall–Kier alpha value is -3.96. The third-order valence-corrected chi connectivity index (χ3v) is 4.08. The summed E-state index contributed by atoms with van der Waals surface area (Å²) >= 11 is 0. The van der Waals surface area contributed by atoms with Gasteiger partial charge in [-0.15, -0.1) is 0 Å². The van der Waals surface area contributed by atoms with E-state index < -0.39 is 18.1 Å². The first-order valence-electron chi connectivity index (χ1n) is 9.63. The van der Waals surface area contributed by atoms with Gasteiger partial charge in [-0.1, -0.05) is 36.3 Å². The van der Waals surface area contributed by atoms with Crippen LogP contribution in [0.4, 0.5) is 19.0 Å². The van der Waals surface area contributed by atoms with Crippen molar-refractivity contribution in [1.82, 2.24) is 15.1 Å². The zero-order valence-electron chi connectivity index (χ0n) is 17.4. The lowest BCUT2D eigenvalue weighted by atomic mass is 10.0. The second kappa shape index (κ2) is 11.6. The molecule has 0 radical (unpaired) electrons. The molecule has 0 saturated carbocycles. The molecular weight excluding hydrogens is 445 g/mol. The number of hydrogen-bond acceptors (Lipinski definition) is 7. The number of aliphatic carboxylic acids is 2. The van der Waals surface area contributed by atoms with Gasteiger partial charge in [0.25, 0.3) is 0 Å². The lowest BCUT2D eigenvalue weighted by Crippen LogP contribution is -2.21. The number of pyridine rings is 1. The number of hydrogen-bond donors (Lipinski definition) is 3. The highest BCUT2D eigenvalue weighted by Crippen LogP contribution is 2.20. The summed E-state index contributed by atoms with van der Waals surface area (Å²) in [5.41, 5.74) is 1.92. The van der Waals surface area contributed by atoms with Crippen molar-refractivity contribution in [3.63, 3.8) is 0 Å². The molecule has 9 nitrogen and oxygen atoms in total. The minimum absolute atomic E-state index is 0.0605.